The van der Waals surface area contributed by atoms with Crippen LogP contribution in [0.15, 0.2) is 276 Å². The highest BCUT2D eigenvalue weighted by Crippen LogP contribution is 2.33. The van der Waals surface area contributed by atoms with Gasteiger partial charge in [-0.1, -0.05) is 158 Å². The molecule has 0 aliphatic heterocycles. The lowest BCUT2D eigenvalue weighted by atomic mass is 10.1. The highest BCUT2D eigenvalue weighted by molar-refractivity contribution is 6.07. The number of tetrazole rings is 2. The van der Waals surface area contributed by atoms with Crippen molar-refractivity contribution in [2.24, 2.45) is 0 Å². The van der Waals surface area contributed by atoms with Crippen LogP contribution in [0.3, 0.4) is 0 Å². The molecule has 0 atom stereocenters. The molecule has 0 saturated carbocycles. The van der Waals surface area contributed by atoms with E-state index in [4.69, 9.17) is 30.6 Å². The van der Waals surface area contributed by atoms with E-state index in [-0.39, 0.29) is 29.7 Å². The van der Waals surface area contributed by atoms with Crippen molar-refractivity contribution in [2.45, 2.75) is 29.7 Å². The summed E-state index contributed by atoms with van der Waals surface area (Å²) in [5.74, 6) is 2.76. The van der Waals surface area contributed by atoms with E-state index < -0.39 is 0 Å². The minimum absolute atomic E-state index is 0. The van der Waals surface area contributed by atoms with Crippen molar-refractivity contribution in [3.63, 3.8) is 0 Å². The smallest absolute Gasteiger partial charge is 0.340 e. The van der Waals surface area contributed by atoms with Crippen LogP contribution in [0.2, 0.25) is 0 Å². The fourth-order valence-corrected chi connectivity index (χ4v) is 12.1. The van der Waals surface area contributed by atoms with Crippen molar-refractivity contribution in [2.75, 3.05) is 0 Å². The molecule has 0 aliphatic rings. The number of benzene rings is 7. The fraction of sp³-hybridized carbons (Fsp3) is 0.0476. The van der Waals surface area contributed by atoms with Gasteiger partial charge in [-0.05, 0) is 120 Å². The average molecular weight is 1470 g/mol. The Morgan fingerprint density at radius 3 is 1.08 bits per heavy atom. The number of nitrogens with one attached hydrogen (secondary N) is 2. The third-order valence-corrected chi connectivity index (χ3v) is 17.3. The molecule has 4 N–H and O–H groups in total. The van der Waals surface area contributed by atoms with Gasteiger partial charge in [-0.2, -0.15) is 15.7 Å². The molecule has 0 radical (unpaired) electrons. The number of pyridine rings is 10. The number of nitriles is 1. The second-order valence-corrected chi connectivity index (χ2v) is 23.9. The lowest BCUT2D eigenvalue weighted by Crippen LogP contribution is -2.36. The van der Waals surface area contributed by atoms with Gasteiger partial charge in [-0.25, -0.2) is 24.9 Å². The number of hydrogen-bond donors (Lipinski definition) is 4. The summed E-state index contributed by atoms with van der Waals surface area (Å²) in [5, 5.41) is 82.8. The summed E-state index contributed by atoms with van der Waals surface area (Å²) in [6.45, 7) is 7.00. The van der Waals surface area contributed by atoms with E-state index in [0.29, 0.717) is 103 Å². The first-order chi connectivity index (χ1) is 53.2. The molecule has 0 spiro atoms. The second-order valence-electron chi connectivity index (χ2n) is 23.9. The van der Waals surface area contributed by atoms with Crippen LogP contribution in [-0.2, 0) is 0 Å². The van der Waals surface area contributed by atoms with Gasteiger partial charge >= 0.3 is 11.0 Å². The Morgan fingerprint density at radius 1 is 0.339 bits per heavy atom. The predicted molar refractivity (Wildman–Crippen MR) is 426 cm³/mol. The molecule has 112 heavy (non-hydrogen) atoms. The molecule has 0 saturated heterocycles. The molecule has 0 bridgehead atoms. The number of aromatic amines is 2. The van der Waals surface area contributed by atoms with Crippen LogP contribution in [0, 0.1) is 17.9 Å². The van der Waals surface area contributed by atoms with Crippen LogP contribution in [-0.4, -0.2) is 112 Å². The molecule has 0 aliphatic carbocycles. The Kier molecular flexibility index (Phi) is 21.5. The quantitative estimate of drug-likeness (QED) is 0.0520. The maximum absolute atomic E-state index is 9.79. The molecule has 7 aromatic carbocycles. The van der Waals surface area contributed by atoms with Crippen molar-refractivity contribution >= 4 is 115 Å². The summed E-state index contributed by atoms with van der Waals surface area (Å²) in [7, 11) is 0. The van der Waals surface area contributed by atoms with Gasteiger partial charge < -0.3 is 13.7 Å². The van der Waals surface area contributed by atoms with E-state index in [1.165, 1.54) is 12.4 Å². The molecular weight excluding hydrogens is 1410 g/mol. The maximum Gasteiger partial charge on any atom is 0.340 e. The normalized spacial score (nSPS) is 10.6. The van der Waals surface area contributed by atoms with Crippen molar-refractivity contribution < 1.29 is 28.7 Å². The monoisotopic (exact) mass is 1470 g/mol. The van der Waals surface area contributed by atoms with Crippen LogP contribution in [0.1, 0.15) is 35.4 Å². The SMILES string of the molecule is C.C.C.C.O[n+]1cccc2ccc3ccc[n+](O)c3c21.[C-]#[N+]c1ccc2ccc3ccc(C#N)nc3c2n1.c1cc2ccc3ccc(-c4nn[nH]n4)nc3c2nc1-c1nn[nH]n1.c1ccc(-c2nnc(-c3ccc4ccc5ccc(-c6nnc(-c7ccccc7)o6)nc5c4n3)o2)cc1.c1cnc2c(c1)ccc1cccnc12. The number of rotatable bonds is 6. The van der Waals surface area contributed by atoms with Crippen molar-refractivity contribution in [3.05, 3.63) is 285 Å². The molecule has 28 nitrogen and oxygen atoms in total. The largest absolute Gasteiger partial charge is 0.415 e. The first kappa shape index (κ1) is 73.9. The zero-order valence-electron chi connectivity index (χ0n) is 56.0. The third kappa shape index (κ3) is 14.8. The zero-order chi connectivity index (χ0) is 72.9. The van der Waals surface area contributed by atoms with Crippen molar-refractivity contribution in [3.8, 4) is 75.2 Å². The molecule has 0 amide bonds. The third-order valence-electron chi connectivity index (χ3n) is 17.3. The molecule has 21 rings (SSSR count). The molecule has 14 heterocycles. The van der Waals surface area contributed by atoms with Gasteiger partial charge in [0, 0.05) is 88.2 Å². The van der Waals surface area contributed by atoms with Crippen LogP contribution in [0.25, 0.3) is 183 Å². The van der Waals surface area contributed by atoms with Crippen molar-refractivity contribution in [1.82, 2.24) is 102 Å². The molecule has 0 fully saturated rings. The molecule has 542 valence electrons. The van der Waals surface area contributed by atoms with Crippen LogP contribution in [0.4, 0.5) is 5.82 Å². The Bertz CT molecular complexity index is 6620. The number of fused-ring (bicyclic) bond motifs is 15. The highest BCUT2D eigenvalue weighted by Gasteiger charge is 2.23. The highest BCUT2D eigenvalue weighted by atomic mass is 16.5. The Morgan fingerprint density at radius 2 is 0.679 bits per heavy atom. The Balaban J connectivity index is 0.000000127. The van der Waals surface area contributed by atoms with E-state index in [1.807, 2.05) is 200 Å². The second kappa shape index (κ2) is 32.6. The Labute approximate surface area is 636 Å². The lowest BCUT2D eigenvalue weighted by Gasteiger charge is -2.05. The summed E-state index contributed by atoms with van der Waals surface area (Å²) in [4.78, 5) is 39.6. The van der Waals surface area contributed by atoms with Gasteiger partial charge in [0.05, 0.1) is 43.9 Å². The van der Waals surface area contributed by atoms with Gasteiger partial charge in [0.2, 0.25) is 35.8 Å². The summed E-state index contributed by atoms with van der Waals surface area (Å²) in [6.07, 6.45) is 6.68. The first-order valence-corrected chi connectivity index (χ1v) is 33.1. The van der Waals surface area contributed by atoms with E-state index in [0.717, 1.165) is 96.5 Å². The van der Waals surface area contributed by atoms with Gasteiger partial charge in [0.25, 0.3) is 17.6 Å². The van der Waals surface area contributed by atoms with Crippen LogP contribution < -0.4 is 9.46 Å². The summed E-state index contributed by atoms with van der Waals surface area (Å²) >= 11 is 0. The van der Waals surface area contributed by atoms with Gasteiger partial charge in [-0.15, -0.1) is 45.8 Å². The van der Waals surface area contributed by atoms with Gasteiger partial charge in [-0.3, -0.25) is 20.4 Å². The summed E-state index contributed by atoms with van der Waals surface area (Å²) in [5.41, 5.74) is 11.8. The number of H-pyrrole nitrogens is 2. The first-order valence-electron chi connectivity index (χ1n) is 33.1. The zero-order valence-corrected chi connectivity index (χ0v) is 56.0. The van der Waals surface area contributed by atoms with Crippen molar-refractivity contribution in [1.29, 1.82) is 5.26 Å². The number of hydrogen-bond acceptors (Lipinski definition) is 23. The van der Waals surface area contributed by atoms with Crippen LogP contribution >= 0.6 is 0 Å². The van der Waals surface area contributed by atoms with E-state index in [1.54, 1.807) is 36.7 Å². The number of aromatic nitrogens is 22. The summed E-state index contributed by atoms with van der Waals surface area (Å²) in [6, 6.07) is 78.7. The minimum atomic E-state index is 0. The molecule has 14 aromatic heterocycles. The maximum atomic E-state index is 9.79. The lowest BCUT2D eigenvalue weighted by molar-refractivity contribution is -0.899. The minimum Gasteiger partial charge on any atom is -0.415 e. The molecule has 0 unspecified atom stereocenters. The van der Waals surface area contributed by atoms with E-state index >= 15 is 0 Å². The topological polar surface area (TPSA) is 366 Å². The fourth-order valence-electron chi connectivity index (χ4n) is 12.1. The van der Waals surface area contributed by atoms with E-state index in [2.05, 4.69) is 121 Å². The molecule has 28 heteroatoms. The summed E-state index contributed by atoms with van der Waals surface area (Å²) < 4.78 is 13.9. The Hall–Kier alpha value is -16.4. The van der Waals surface area contributed by atoms with Gasteiger partial charge in [0.1, 0.15) is 40.1 Å². The standard InChI is InChI=1S/C28H16N6O2.C14H8N10.C14H6N4.C12H10N2O2.C12H8N2.4CH4/c1-3-7-19(8-4-1)25-31-33-27(35-25)21-15-13-17-11-12-18-14-16-22(30-24(18)23(17)29-21)28-34-32-26(36-28)20-9-5-2-6-10-20;1-2-8-4-6-10(14-19-23-24-20-14)16-12(8)11-7(1)3-5-9(15-11)13-17-21-22-18-13;1-16-12-7-5-10-3-2-9-4-6-11(8-15)17-13(9)14(10)18-12;15-13-7-1-3-9-5-6-10-4-2-8-14(16)12(10)11(9)13;1-3-9-5-6-10-4-2-8-14-12(10)11(9)13-7-1;;;;/h1-16H;1-6H,(H,17,18,21,22)(H,19,20,23,24);2-7H;1-8,15-16H;1-8H;4*1H4/q;;;+2;;;;;. The molecule has 21 aromatic rings. The van der Waals surface area contributed by atoms with E-state index in [9.17, 15) is 10.4 Å². The van der Waals surface area contributed by atoms with Crippen LogP contribution in [0.5, 0.6) is 0 Å². The predicted octanol–water partition coefficient (Wildman–Crippen LogP) is 16.9. The van der Waals surface area contributed by atoms with Gasteiger partial charge in [0.15, 0.2) is 5.52 Å². The number of nitrogens with zero attached hydrogens (tertiary/aromatic N) is 22. The average Bonchev–Trinajstić information content (AvgIpc) is 0.913. The molecular formula is C84H64N24O4+2.